The number of ether oxygens (including phenoxy) is 1. The second-order valence-electron chi connectivity index (χ2n) is 6.12. The lowest BCUT2D eigenvalue weighted by atomic mass is 10.1. The summed E-state index contributed by atoms with van der Waals surface area (Å²) in [5, 5.41) is 9.58. The van der Waals surface area contributed by atoms with E-state index in [2.05, 4.69) is 10.6 Å². The fraction of sp³-hybridized carbons (Fsp3) is 0.211. The van der Waals surface area contributed by atoms with Gasteiger partial charge in [-0.05, 0) is 11.1 Å². The molecule has 0 spiro atoms. The Morgan fingerprint density at radius 3 is 2.14 bits per heavy atom. The Morgan fingerprint density at radius 2 is 1.59 bits per heavy atom. The summed E-state index contributed by atoms with van der Waals surface area (Å²) in [7, 11) is -4.11. The van der Waals surface area contributed by atoms with Gasteiger partial charge in [0.1, 0.15) is 25.0 Å². The van der Waals surface area contributed by atoms with Crippen molar-refractivity contribution in [2.75, 3.05) is 5.75 Å². The largest absolute Gasteiger partial charge is 0.445 e. The molecule has 2 aromatic rings. The summed E-state index contributed by atoms with van der Waals surface area (Å²) in [6, 6.07) is 14.6. The highest BCUT2D eigenvalue weighted by Gasteiger charge is 2.28. The molecule has 29 heavy (non-hydrogen) atoms. The minimum atomic E-state index is -4.11. The molecule has 2 aromatic carbocycles. The molecule has 0 fully saturated rings. The number of primary sulfonamides is 1. The number of hydrogen-bond donors (Lipinski definition) is 3. The van der Waals surface area contributed by atoms with E-state index in [0.717, 1.165) is 0 Å². The summed E-state index contributed by atoms with van der Waals surface area (Å²) in [5.41, 5.74) is 1.21. The highest BCUT2D eigenvalue weighted by Crippen LogP contribution is 2.10. The van der Waals surface area contributed by atoms with Gasteiger partial charge in [0.25, 0.3) is 0 Å². The first kappa shape index (κ1) is 22.1. The fourth-order valence-corrected chi connectivity index (χ4v) is 3.13. The predicted molar refractivity (Wildman–Crippen MR) is 105 cm³/mol. The number of alkyl carbamates (subject to hydrolysis) is 1. The Labute approximate surface area is 168 Å². The van der Waals surface area contributed by atoms with Gasteiger partial charge in [0.05, 0.1) is 5.75 Å². The van der Waals surface area contributed by atoms with Crippen LogP contribution in [-0.2, 0) is 31.0 Å². The van der Waals surface area contributed by atoms with Crippen LogP contribution >= 0.6 is 0 Å². The van der Waals surface area contributed by atoms with E-state index in [1.165, 1.54) is 0 Å². The van der Waals surface area contributed by atoms with Gasteiger partial charge in [0.15, 0.2) is 0 Å². The zero-order valence-electron chi connectivity index (χ0n) is 15.4. The fourth-order valence-electron chi connectivity index (χ4n) is 2.43. The quantitative estimate of drug-likeness (QED) is 0.508. The lowest BCUT2D eigenvalue weighted by Crippen LogP contribution is -2.52. The zero-order chi connectivity index (χ0) is 21.3. The second-order valence-corrected chi connectivity index (χ2v) is 7.78. The molecule has 9 nitrogen and oxygen atoms in total. The molecule has 2 atom stereocenters. The molecule has 0 aromatic heterocycles. The van der Waals surface area contributed by atoms with Crippen LogP contribution in [0.3, 0.4) is 0 Å². The van der Waals surface area contributed by atoms with E-state index in [1.54, 1.807) is 60.7 Å². The van der Waals surface area contributed by atoms with Crippen molar-refractivity contribution in [2.45, 2.75) is 18.7 Å². The van der Waals surface area contributed by atoms with E-state index in [9.17, 15) is 22.8 Å². The Kier molecular flexibility index (Phi) is 7.87. The van der Waals surface area contributed by atoms with Gasteiger partial charge in [0.2, 0.25) is 15.9 Å². The van der Waals surface area contributed by atoms with E-state index in [4.69, 9.17) is 9.88 Å². The molecule has 0 aliphatic rings. The van der Waals surface area contributed by atoms with Crippen LogP contribution in [0, 0.1) is 0 Å². The van der Waals surface area contributed by atoms with Crippen LogP contribution in [0.5, 0.6) is 0 Å². The minimum Gasteiger partial charge on any atom is -0.445 e. The summed E-state index contributed by atoms with van der Waals surface area (Å²) in [5.74, 6) is -1.75. The molecule has 0 radical (unpaired) electrons. The van der Waals surface area contributed by atoms with E-state index >= 15 is 0 Å². The standard InChI is InChI=1S/C19H21N3O6S/c20-29(26,27)13-17(22-19(25)28-12-14-7-3-1-4-8-14)18(24)21-16(11-23)15-9-5-2-6-10-15/h1-11,16-17H,12-13H2,(H,21,24)(H,22,25)(H2,20,26,27). The molecule has 0 saturated heterocycles. The molecule has 154 valence electrons. The summed E-state index contributed by atoms with van der Waals surface area (Å²) in [6.07, 6.45) is -0.505. The highest BCUT2D eigenvalue weighted by atomic mass is 32.2. The van der Waals surface area contributed by atoms with Gasteiger partial charge in [-0.2, -0.15) is 0 Å². The molecule has 2 unspecified atom stereocenters. The smallest absolute Gasteiger partial charge is 0.408 e. The van der Waals surface area contributed by atoms with Crippen LogP contribution in [0.2, 0.25) is 0 Å². The molecule has 0 bridgehead atoms. The molecule has 4 N–H and O–H groups in total. The van der Waals surface area contributed by atoms with Crippen molar-refractivity contribution in [1.29, 1.82) is 0 Å². The Hall–Kier alpha value is -3.24. The van der Waals surface area contributed by atoms with E-state index in [-0.39, 0.29) is 6.61 Å². The zero-order valence-corrected chi connectivity index (χ0v) is 16.2. The number of nitrogens with one attached hydrogen (secondary N) is 2. The van der Waals surface area contributed by atoms with Gasteiger partial charge in [-0.15, -0.1) is 0 Å². The molecule has 0 aliphatic carbocycles. The Morgan fingerprint density at radius 1 is 1.00 bits per heavy atom. The number of benzene rings is 2. The van der Waals surface area contributed by atoms with E-state index in [1.807, 2.05) is 0 Å². The second kappa shape index (κ2) is 10.3. The van der Waals surface area contributed by atoms with E-state index < -0.39 is 39.9 Å². The van der Waals surface area contributed by atoms with Gasteiger partial charge < -0.3 is 20.2 Å². The average molecular weight is 419 g/mol. The first-order valence-electron chi connectivity index (χ1n) is 8.57. The number of rotatable bonds is 9. The SMILES string of the molecule is NS(=O)(=O)CC(NC(=O)OCc1ccccc1)C(=O)NC(C=O)c1ccccc1. The van der Waals surface area contributed by atoms with Gasteiger partial charge >= 0.3 is 6.09 Å². The van der Waals surface area contributed by atoms with Crippen LogP contribution in [0.1, 0.15) is 17.2 Å². The normalized spacial score (nSPS) is 13.0. The summed E-state index contributed by atoms with van der Waals surface area (Å²) in [4.78, 5) is 35.9. The third kappa shape index (κ3) is 7.72. The maximum absolute atomic E-state index is 12.5. The van der Waals surface area contributed by atoms with Crippen molar-refractivity contribution in [2.24, 2.45) is 5.14 Å². The first-order valence-corrected chi connectivity index (χ1v) is 10.3. The predicted octanol–water partition coefficient (Wildman–Crippen LogP) is 0.626. The third-order valence-electron chi connectivity index (χ3n) is 3.81. The van der Waals surface area contributed by atoms with Crippen molar-refractivity contribution in [1.82, 2.24) is 10.6 Å². The van der Waals surface area contributed by atoms with Crippen LogP contribution in [0.15, 0.2) is 60.7 Å². The molecule has 0 saturated carbocycles. The van der Waals surface area contributed by atoms with Crippen molar-refractivity contribution >= 4 is 28.3 Å². The number of sulfonamides is 1. The third-order valence-corrected chi connectivity index (χ3v) is 4.61. The van der Waals surface area contributed by atoms with Gasteiger partial charge in [-0.1, -0.05) is 60.7 Å². The minimum absolute atomic E-state index is 0.0721. The number of aldehydes is 1. The van der Waals surface area contributed by atoms with Crippen LogP contribution in [-0.4, -0.2) is 38.5 Å². The Bertz CT molecular complexity index is 935. The summed E-state index contributed by atoms with van der Waals surface area (Å²) in [6.45, 7) is -0.0721. The monoisotopic (exact) mass is 419 g/mol. The van der Waals surface area contributed by atoms with Gasteiger partial charge in [-0.25, -0.2) is 18.4 Å². The maximum Gasteiger partial charge on any atom is 0.408 e. The summed E-state index contributed by atoms with van der Waals surface area (Å²) < 4.78 is 27.9. The van der Waals surface area contributed by atoms with Gasteiger partial charge in [-0.3, -0.25) is 4.79 Å². The van der Waals surface area contributed by atoms with Crippen LogP contribution in [0.25, 0.3) is 0 Å². The average Bonchev–Trinajstić information content (AvgIpc) is 2.70. The van der Waals surface area contributed by atoms with E-state index in [0.29, 0.717) is 17.4 Å². The lowest BCUT2D eigenvalue weighted by Gasteiger charge is -2.20. The van der Waals surface area contributed by atoms with Crippen molar-refractivity contribution in [3.63, 3.8) is 0 Å². The molecule has 2 rings (SSSR count). The molecule has 2 amide bonds. The first-order chi connectivity index (χ1) is 13.8. The Balaban J connectivity index is 2.05. The molecule has 10 heteroatoms. The van der Waals surface area contributed by atoms with Crippen molar-refractivity contribution < 1.29 is 27.5 Å². The highest BCUT2D eigenvalue weighted by molar-refractivity contribution is 7.89. The number of nitrogens with two attached hydrogens (primary N) is 1. The lowest BCUT2D eigenvalue weighted by molar-refractivity contribution is -0.125. The number of amides is 2. The molecule has 0 heterocycles. The number of carbonyl (C=O) groups is 3. The molecular weight excluding hydrogens is 398 g/mol. The van der Waals surface area contributed by atoms with Crippen LogP contribution < -0.4 is 15.8 Å². The van der Waals surface area contributed by atoms with Crippen molar-refractivity contribution in [3.8, 4) is 0 Å². The number of carbonyl (C=O) groups excluding carboxylic acids is 3. The topological polar surface area (TPSA) is 145 Å². The number of hydrogen-bond acceptors (Lipinski definition) is 6. The summed E-state index contributed by atoms with van der Waals surface area (Å²) >= 11 is 0. The maximum atomic E-state index is 12.5. The van der Waals surface area contributed by atoms with Crippen molar-refractivity contribution in [3.05, 3.63) is 71.8 Å². The molecule has 0 aliphatic heterocycles. The van der Waals surface area contributed by atoms with Crippen LogP contribution in [0.4, 0.5) is 4.79 Å². The van der Waals surface area contributed by atoms with Gasteiger partial charge in [0, 0.05) is 0 Å². The molecular formula is C19H21N3O6S.